The van der Waals surface area contributed by atoms with Gasteiger partial charge < -0.3 is 15.2 Å². The summed E-state index contributed by atoms with van der Waals surface area (Å²) in [6, 6.07) is 8.58. The zero-order chi connectivity index (χ0) is 13.2. The molecule has 4 heteroatoms. The molecule has 0 aliphatic carbocycles. The Hall–Kier alpha value is -1.81. The lowest BCUT2D eigenvalue weighted by atomic mass is 10.0. The summed E-state index contributed by atoms with van der Waals surface area (Å²) >= 11 is 0. The van der Waals surface area contributed by atoms with E-state index in [1.54, 1.807) is 0 Å². The summed E-state index contributed by atoms with van der Waals surface area (Å²) in [7, 11) is 0. The van der Waals surface area contributed by atoms with Crippen molar-refractivity contribution in [3.05, 3.63) is 48.0 Å². The molecule has 1 aromatic carbocycles. The smallest absolute Gasteiger partial charge is 0.128 e. The van der Waals surface area contributed by atoms with Crippen molar-refractivity contribution >= 4 is 5.69 Å². The third-order valence-electron chi connectivity index (χ3n) is 3.86. The van der Waals surface area contributed by atoms with Gasteiger partial charge in [-0.15, -0.1) is 0 Å². The maximum absolute atomic E-state index is 6.23. The second-order valence-corrected chi connectivity index (χ2v) is 5.03. The van der Waals surface area contributed by atoms with Crippen LogP contribution in [-0.2, 0) is 13.1 Å². The maximum Gasteiger partial charge on any atom is 0.128 e. The van der Waals surface area contributed by atoms with Gasteiger partial charge in [-0.2, -0.15) is 0 Å². The Morgan fingerprint density at radius 3 is 3.00 bits per heavy atom. The summed E-state index contributed by atoms with van der Waals surface area (Å²) in [5.41, 5.74) is 8.73. The number of fused-ring (bicyclic) bond motifs is 1. The average Bonchev–Trinajstić information content (AvgIpc) is 2.93. The molecule has 2 aromatic rings. The molecular weight excluding hydrogens is 236 g/mol. The van der Waals surface area contributed by atoms with Gasteiger partial charge >= 0.3 is 0 Å². The summed E-state index contributed by atoms with van der Waals surface area (Å²) in [6.45, 7) is 4.99. The quantitative estimate of drug-likeness (QED) is 0.916. The lowest BCUT2D eigenvalue weighted by Crippen LogP contribution is -2.34. The standard InChI is InChI=1S/C15H20N4/c1-2-13(16)12-5-3-4-6-14(12)19-10-9-18-8-7-17-15(18)11-19/h3-8,13H,2,9-11,16H2,1H3/t13-/m1/s1. The van der Waals surface area contributed by atoms with E-state index in [4.69, 9.17) is 5.73 Å². The first-order chi connectivity index (χ1) is 9.29. The van der Waals surface area contributed by atoms with Crippen LogP contribution in [0.25, 0.3) is 0 Å². The molecule has 1 aliphatic heterocycles. The van der Waals surface area contributed by atoms with Gasteiger partial charge in [-0.25, -0.2) is 4.98 Å². The van der Waals surface area contributed by atoms with E-state index in [2.05, 4.69) is 51.8 Å². The number of imidazole rings is 1. The fraction of sp³-hybridized carbons (Fsp3) is 0.400. The van der Waals surface area contributed by atoms with Crippen LogP contribution in [0, 0.1) is 0 Å². The predicted molar refractivity (Wildman–Crippen MR) is 76.9 cm³/mol. The van der Waals surface area contributed by atoms with E-state index in [0.717, 1.165) is 31.9 Å². The molecule has 0 saturated heterocycles. The molecule has 19 heavy (non-hydrogen) atoms. The molecule has 100 valence electrons. The maximum atomic E-state index is 6.23. The van der Waals surface area contributed by atoms with Gasteiger partial charge in [-0.3, -0.25) is 0 Å². The highest BCUT2D eigenvalue weighted by molar-refractivity contribution is 5.55. The first-order valence-electron chi connectivity index (χ1n) is 6.89. The SMILES string of the molecule is CC[C@@H](N)c1ccccc1N1CCn2ccnc2C1. The molecule has 4 nitrogen and oxygen atoms in total. The van der Waals surface area contributed by atoms with Crippen molar-refractivity contribution in [2.24, 2.45) is 5.73 Å². The highest BCUT2D eigenvalue weighted by atomic mass is 15.2. The van der Waals surface area contributed by atoms with Gasteiger partial charge in [0.15, 0.2) is 0 Å². The fourth-order valence-corrected chi connectivity index (χ4v) is 2.69. The Bertz CT molecular complexity index is 561. The van der Waals surface area contributed by atoms with Crippen LogP contribution in [0.5, 0.6) is 0 Å². The Morgan fingerprint density at radius 1 is 1.32 bits per heavy atom. The predicted octanol–water partition coefficient (Wildman–Crippen LogP) is 2.31. The molecule has 1 aromatic heterocycles. The van der Waals surface area contributed by atoms with Gasteiger partial charge in [0.25, 0.3) is 0 Å². The minimum Gasteiger partial charge on any atom is -0.362 e. The van der Waals surface area contributed by atoms with Crippen LogP contribution in [0.15, 0.2) is 36.7 Å². The zero-order valence-electron chi connectivity index (χ0n) is 11.3. The molecule has 0 spiro atoms. The van der Waals surface area contributed by atoms with E-state index < -0.39 is 0 Å². The highest BCUT2D eigenvalue weighted by Gasteiger charge is 2.20. The van der Waals surface area contributed by atoms with Crippen LogP contribution in [-0.4, -0.2) is 16.1 Å². The molecule has 0 amide bonds. The largest absolute Gasteiger partial charge is 0.362 e. The van der Waals surface area contributed by atoms with Gasteiger partial charge in [0.1, 0.15) is 5.82 Å². The average molecular weight is 256 g/mol. The Labute approximate surface area is 113 Å². The Morgan fingerprint density at radius 2 is 2.16 bits per heavy atom. The van der Waals surface area contributed by atoms with Crippen molar-refractivity contribution < 1.29 is 0 Å². The van der Waals surface area contributed by atoms with Crippen LogP contribution < -0.4 is 10.6 Å². The number of para-hydroxylation sites is 1. The number of nitrogens with zero attached hydrogens (tertiary/aromatic N) is 3. The van der Waals surface area contributed by atoms with Crippen molar-refractivity contribution in [3.63, 3.8) is 0 Å². The molecule has 2 N–H and O–H groups in total. The molecule has 0 saturated carbocycles. The second kappa shape index (κ2) is 5.05. The van der Waals surface area contributed by atoms with E-state index in [1.807, 2.05) is 6.20 Å². The number of nitrogens with two attached hydrogens (primary N) is 1. The fourth-order valence-electron chi connectivity index (χ4n) is 2.69. The lowest BCUT2D eigenvalue weighted by Gasteiger charge is -2.32. The number of hydrogen-bond acceptors (Lipinski definition) is 3. The molecule has 2 heterocycles. The van der Waals surface area contributed by atoms with Crippen molar-refractivity contribution in [2.45, 2.75) is 32.5 Å². The minimum absolute atomic E-state index is 0.109. The Balaban J connectivity index is 1.91. The lowest BCUT2D eigenvalue weighted by molar-refractivity contribution is 0.556. The monoisotopic (exact) mass is 256 g/mol. The third kappa shape index (κ3) is 2.24. The minimum atomic E-state index is 0.109. The summed E-state index contributed by atoms with van der Waals surface area (Å²) in [5, 5.41) is 0. The van der Waals surface area contributed by atoms with Crippen molar-refractivity contribution in [3.8, 4) is 0 Å². The molecule has 3 rings (SSSR count). The number of benzene rings is 1. The van der Waals surface area contributed by atoms with Crippen LogP contribution in [0.4, 0.5) is 5.69 Å². The third-order valence-corrected chi connectivity index (χ3v) is 3.86. The Kier molecular flexibility index (Phi) is 3.25. The molecule has 0 unspecified atom stereocenters. The van der Waals surface area contributed by atoms with Gasteiger partial charge in [0, 0.05) is 37.2 Å². The molecule has 0 fully saturated rings. The van der Waals surface area contributed by atoms with Gasteiger partial charge in [0.2, 0.25) is 0 Å². The van der Waals surface area contributed by atoms with Gasteiger partial charge in [0.05, 0.1) is 6.54 Å². The number of anilines is 1. The topological polar surface area (TPSA) is 47.1 Å². The van der Waals surface area contributed by atoms with E-state index >= 15 is 0 Å². The first kappa shape index (κ1) is 12.2. The first-order valence-corrected chi connectivity index (χ1v) is 6.89. The highest BCUT2D eigenvalue weighted by Crippen LogP contribution is 2.29. The molecule has 0 bridgehead atoms. The van der Waals surface area contributed by atoms with E-state index in [1.165, 1.54) is 11.3 Å². The van der Waals surface area contributed by atoms with Crippen molar-refractivity contribution in [1.29, 1.82) is 0 Å². The van der Waals surface area contributed by atoms with Gasteiger partial charge in [-0.1, -0.05) is 25.1 Å². The summed E-state index contributed by atoms with van der Waals surface area (Å²) in [5.74, 6) is 1.13. The number of rotatable bonds is 3. The van der Waals surface area contributed by atoms with Crippen molar-refractivity contribution in [2.75, 3.05) is 11.4 Å². The molecule has 1 atom stereocenters. The molecular formula is C15H20N4. The van der Waals surface area contributed by atoms with E-state index in [0.29, 0.717) is 0 Å². The number of aromatic nitrogens is 2. The van der Waals surface area contributed by atoms with Crippen LogP contribution in [0.2, 0.25) is 0 Å². The normalized spacial score (nSPS) is 16.2. The second-order valence-electron chi connectivity index (χ2n) is 5.03. The summed E-state index contributed by atoms with van der Waals surface area (Å²) < 4.78 is 2.22. The molecule has 0 radical (unpaired) electrons. The summed E-state index contributed by atoms with van der Waals surface area (Å²) in [6.07, 6.45) is 4.89. The summed E-state index contributed by atoms with van der Waals surface area (Å²) in [4.78, 5) is 6.80. The van der Waals surface area contributed by atoms with E-state index in [9.17, 15) is 0 Å². The molecule has 1 aliphatic rings. The van der Waals surface area contributed by atoms with Crippen molar-refractivity contribution in [1.82, 2.24) is 9.55 Å². The van der Waals surface area contributed by atoms with Crippen LogP contribution >= 0.6 is 0 Å². The number of hydrogen-bond donors (Lipinski definition) is 1. The van der Waals surface area contributed by atoms with E-state index in [-0.39, 0.29) is 6.04 Å². The van der Waals surface area contributed by atoms with Crippen LogP contribution in [0.3, 0.4) is 0 Å². The van der Waals surface area contributed by atoms with Gasteiger partial charge in [-0.05, 0) is 18.1 Å². The van der Waals surface area contributed by atoms with Crippen LogP contribution in [0.1, 0.15) is 30.8 Å². The zero-order valence-corrected chi connectivity index (χ0v) is 11.3.